The summed E-state index contributed by atoms with van der Waals surface area (Å²) < 4.78 is 0. The zero-order valence-electron chi connectivity index (χ0n) is 11.2. The van der Waals surface area contributed by atoms with E-state index in [1.807, 2.05) is 0 Å². The first-order valence-corrected chi connectivity index (χ1v) is 7.36. The van der Waals surface area contributed by atoms with Gasteiger partial charge in [-0.3, -0.25) is 0 Å². The van der Waals surface area contributed by atoms with Crippen molar-refractivity contribution in [3.63, 3.8) is 0 Å². The molecule has 1 aliphatic heterocycles. The molecule has 3 N–H and O–H groups in total. The van der Waals surface area contributed by atoms with Gasteiger partial charge in [0.25, 0.3) is 0 Å². The maximum atomic E-state index is 9.82. The molecule has 0 aromatic rings. The Morgan fingerprint density at radius 1 is 1.24 bits per heavy atom. The minimum Gasteiger partial charge on any atom is -0.394 e. The van der Waals surface area contributed by atoms with Gasteiger partial charge < -0.3 is 15.7 Å². The lowest BCUT2D eigenvalue weighted by molar-refractivity contribution is 0.0693. The number of rotatable bonds is 3. The van der Waals surface area contributed by atoms with Gasteiger partial charge in [-0.15, -0.1) is 0 Å². The van der Waals surface area contributed by atoms with Crippen molar-refractivity contribution in [3.8, 4) is 0 Å². The first kappa shape index (κ1) is 13.3. The van der Waals surface area contributed by atoms with Crippen LogP contribution in [-0.4, -0.2) is 36.4 Å². The smallest absolute Gasteiger partial charge is 0.0617 e. The lowest BCUT2D eigenvalue weighted by atomic mass is 9.79. The lowest BCUT2D eigenvalue weighted by Gasteiger charge is -2.45. The molecule has 0 bridgehead atoms. The predicted molar refractivity (Wildman–Crippen MR) is 71.1 cm³/mol. The van der Waals surface area contributed by atoms with Crippen molar-refractivity contribution in [1.82, 2.24) is 10.6 Å². The van der Waals surface area contributed by atoms with Gasteiger partial charge in [0.1, 0.15) is 0 Å². The van der Waals surface area contributed by atoms with E-state index >= 15 is 0 Å². The Hall–Kier alpha value is -0.120. The third-order valence-electron chi connectivity index (χ3n) is 4.77. The van der Waals surface area contributed by atoms with Crippen LogP contribution >= 0.6 is 0 Å². The first-order chi connectivity index (χ1) is 8.27. The molecule has 3 nitrogen and oxygen atoms in total. The van der Waals surface area contributed by atoms with Gasteiger partial charge in [-0.05, 0) is 38.3 Å². The summed E-state index contributed by atoms with van der Waals surface area (Å²) in [6.07, 6.45) is 9.13. The molecule has 1 aliphatic carbocycles. The summed E-state index contributed by atoms with van der Waals surface area (Å²) in [7, 11) is 0. The van der Waals surface area contributed by atoms with Gasteiger partial charge >= 0.3 is 0 Å². The normalized spacial score (nSPS) is 36.7. The van der Waals surface area contributed by atoms with Crippen LogP contribution in [0.25, 0.3) is 0 Å². The zero-order valence-corrected chi connectivity index (χ0v) is 11.2. The van der Waals surface area contributed by atoms with Gasteiger partial charge in [0, 0.05) is 11.6 Å². The summed E-state index contributed by atoms with van der Waals surface area (Å²) in [5.74, 6) is 0.518. The minimum atomic E-state index is -0.0275. The number of piperidine rings is 1. The van der Waals surface area contributed by atoms with Crippen LogP contribution in [0.4, 0.5) is 0 Å². The van der Waals surface area contributed by atoms with Crippen LogP contribution in [-0.2, 0) is 0 Å². The molecule has 1 saturated heterocycles. The number of aliphatic hydroxyl groups is 1. The van der Waals surface area contributed by atoms with Crippen molar-refractivity contribution in [2.45, 2.75) is 63.5 Å². The second kappa shape index (κ2) is 6.17. The van der Waals surface area contributed by atoms with E-state index in [9.17, 15) is 5.11 Å². The van der Waals surface area contributed by atoms with E-state index in [-0.39, 0.29) is 12.1 Å². The minimum absolute atomic E-state index is 0.0275. The highest BCUT2D eigenvalue weighted by molar-refractivity contribution is 4.98. The molecule has 2 fully saturated rings. The fourth-order valence-electron chi connectivity index (χ4n) is 3.40. The molecule has 0 aromatic heterocycles. The van der Waals surface area contributed by atoms with Crippen molar-refractivity contribution in [2.75, 3.05) is 19.7 Å². The van der Waals surface area contributed by atoms with Crippen molar-refractivity contribution in [1.29, 1.82) is 0 Å². The van der Waals surface area contributed by atoms with E-state index in [1.165, 1.54) is 38.5 Å². The highest BCUT2D eigenvalue weighted by Gasteiger charge is 2.38. The number of nitrogens with one attached hydrogen (secondary N) is 2. The third-order valence-corrected chi connectivity index (χ3v) is 4.77. The van der Waals surface area contributed by atoms with Crippen LogP contribution in [0.1, 0.15) is 51.9 Å². The molecule has 0 spiro atoms. The van der Waals surface area contributed by atoms with Crippen LogP contribution in [0.15, 0.2) is 0 Å². The SMILES string of the molecule is CC1CNCCC1(CO)NC1CCCCCC1. The van der Waals surface area contributed by atoms with Crippen molar-refractivity contribution in [3.05, 3.63) is 0 Å². The summed E-state index contributed by atoms with van der Waals surface area (Å²) in [6, 6.07) is 0.630. The van der Waals surface area contributed by atoms with Gasteiger partial charge in [0.05, 0.1) is 6.61 Å². The molecular weight excluding hydrogens is 212 g/mol. The third kappa shape index (κ3) is 3.21. The van der Waals surface area contributed by atoms with Crippen LogP contribution in [0.5, 0.6) is 0 Å². The molecule has 2 atom stereocenters. The zero-order chi connectivity index (χ0) is 12.1. The van der Waals surface area contributed by atoms with Crippen LogP contribution in [0.3, 0.4) is 0 Å². The van der Waals surface area contributed by atoms with Crippen LogP contribution < -0.4 is 10.6 Å². The molecular formula is C14H28N2O. The van der Waals surface area contributed by atoms with Gasteiger partial charge in [-0.1, -0.05) is 32.6 Å². The maximum Gasteiger partial charge on any atom is 0.0617 e. The van der Waals surface area contributed by atoms with E-state index in [4.69, 9.17) is 0 Å². The number of hydrogen-bond donors (Lipinski definition) is 3. The quantitative estimate of drug-likeness (QED) is 0.657. The van der Waals surface area contributed by atoms with Crippen molar-refractivity contribution < 1.29 is 5.11 Å². The number of hydrogen-bond acceptors (Lipinski definition) is 3. The Morgan fingerprint density at radius 3 is 2.53 bits per heavy atom. The molecule has 1 heterocycles. The number of aliphatic hydroxyl groups excluding tert-OH is 1. The monoisotopic (exact) mass is 240 g/mol. The van der Waals surface area contributed by atoms with Gasteiger partial charge in [-0.2, -0.15) is 0 Å². The average molecular weight is 240 g/mol. The second-order valence-corrected chi connectivity index (χ2v) is 6.00. The van der Waals surface area contributed by atoms with E-state index in [0.717, 1.165) is 19.5 Å². The Morgan fingerprint density at radius 2 is 1.94 bits per heavy atom. The van der Waals surface area contributed by atoms with Crippen molar-refractivity contribution >= 4 is 0 Å². The molecule has 0 amide bonds. The Balaban J connectivity index is 1.96. The molecule has 2 aliphatic rings. The highest BCUT2D eigenvalue weighted by atomic mass is 16.3. The maximum absolute atomic E-state index is 9.82. The first-order valence-electron chi connectivity index (χ1n) is 7.36. The molecule has 100 valence electrons. The summed E-state index contributed by atoms with van der Waals surface area (Å²) in [5, 5.41) is 17.1. The van der Waals surface area contributed by atoms with Gasteiger partial charge in [0.2, 0.25) is 0 Å². The van der Waals surface area contributed by atoms with E-state index in [1.54, 1.807) is 0 Å². The van der Waals surface area contributed by atoms with Crippen LogP contribution in [0.2, 0.25) is 0 Å². The summed E-state index contributed by atoms with van der Waals surface area (Å²) in [4.78, 5) is 0. The molecule has 1 saturated carbocycles. The Bertz CT molecular complexity index is 226. The molecule has 3 heteroatoms. The largest absolute Gasteiger partial charge is 0.394 e. The summed E-state index contributed by atoms with van der Waals surface area (Å²) in [5.41, 5.74) is -0.0275. The Kier molecular flexibility index (Phi) is 4.83. The predicted octanol–water partition coefficient (Wildman–Crippen LogP) is 1.66. The molecule has 2 rings (SSSR count). The van der Waals surface area contributed by atoms with E-state index in [2.05, 4.69) is 17.6 Å². The summed E-state index contributed by atoms with van der Waals surface area (Å²) >= 11 is 0. The molecule has 0 radical (unpaired) electrons. The van der Waals surface area contributed by atoms with E-state index in [0.29, 0.717) is 12.0 Å². The van der Waals surface area contributed by atoms with Gasteiger partial charge in [0.15, 0.2) is 0 Å². The fourth-order valence-corrected chi connectivity index (χ4v) is 3.40. The van der Waals surface area contributed by atoms with E-state index < -0.39 is 0 Å². The molecule has 0 aromatic carbocycles. The average Bonchev–Trinajstić information content (AvgIpc) is 2.61. The fraction of sp³-hybridized carbons (Fsp3) is 1.00. The van der Waals surface area contributed by atoms with Crippen molar-refractivity contribution in [2.24, 2.45) is 5.92 Å². The molecule has 17 heavy (non-hydrogen) atoms. The Labute approximate surface area is 105 Å². The standard InChI is InChI=1S/C14H28N2O/c1-12-10-15-9-8-14(12,11-17)16-13-6-4-2-3-5-7-13/h12-13,15-17H,2-11H2,1H3. The summed E-state index contributed by atoms with van der Waals surface area (Å²) in [6.45, 7) is 4.60. The second-order valence-electron chi connectivity index (χ2n) is 6.00. The topological polar surface area (TPSA) is 44.3 Å². The van der Waals surface area contributed by atoms with Gasteiger partial charge in [-0.25, -0.2) is 0 Å². The molecule has 2 unspecified atom stereocenters. The lowest BCUT2D eigenvalue weighted by Crippen LogP contribution is -2.62. The van der Waals surface area contributed by atoms with Crippen LogP contribution in [0, 0.1) is 5.92 Å². The highest BCUT2D eigenvalue weighted by Crippen LogP contribution is 2.27.